The summed E-state index contributed by atoms with van der Waals surface area (Å²) in [4.78, 5) is 0. The van der Waals surface area contributed by atoms with Crippen molar-refractivity contribution < 1.29 is 9.16 Å². The van der Waals surface area contributed by atoms with E-state index in [1.54, 1.807) is 0 Å². The fourth-order valence-corrected chi connectivity index (χ4v) is 10.9. The average Bonchev–Trinajstić information content (AvgIpc) is 3.21. The molecule has 0 bridgehead atoms. The standard InChI is InChI=1S/C31H39NO3Si/c1-25-23-26(35-31(25,21-22-32-33)30(5)19-13-8-14-20-30)24-34-36(29(2,3)4,27-15-9-6-10-16-27)28-17-11-7-12-18-28/h6-7,9-13,15-19,26H,1,8,14,20-21,23-24H2,2-5H3/t26-,30+,31-/m0/s1. The molecule has 0 amide bonds. The predicted octanol–water partition coefficient (Wildman–Crippen LogP) is 6.61. The summed E-state index contributed by atoms with van der Waals surface area (Å²) in [5.74, 6) is 0. The molecular weight excluding hydrogens is 462 g/mol. The van der Waals surface area contributed by atoms with Crippen molar-refractivity contribution in [3.8, 4) is 6.07 Å². The minimum Gasteiger partial charge on any atom is -0.498 e. The zero-order valence-corrected chi connectivity index (χ0v) is 23.1. The molecule has 2 aliphatic rings. The van der Waals surface area contributed by atoms with Crippen LogP contribution in [0.25, 0.3) is 5.01 Å². The topological polar surface area (TPSA) is 45.9 Å². The molecule has 190 valence electrons. The van der Waals surface area contributed by atoms with E-state index in [9.17, 15) is 5.21 Å². The van der Waals surface area contributed by atoms with Crippen molar-refractivity contribution in [1.29, 1.82) is 0 Å². The number of nitrogens with zero attached hydrogens (tertiary/aromatic N) is 1. The maximum Gasteiger partial charge on any atom is 0.301 e. The maximum atomic E-state index is 11.1. The van der Waals surface area contributed by atoms with Gasteiger partial charge < -0.3 is 14.4 Å². The molecule has 1 aliphatic carbocycles. The third-order valence-electron chi connectivity index (χ3n) is 8.18. The van der Waals surface area contributed by atoms with Crippen LogP contribution < -0.4 is 10.4 Å². The van der Waals surface area contributed by atoms with Crippen LogP contribution in [0.5, 0.6) is 0 Å². The fourth-order valence-electron chi connectivity index (χ4n) is 6.32. The van der Waals surface area contributed by atoms with Crippen molar-refractivity contribution in [2.45, 2.75) is 76.5 Å². The van der Waals surface area contributed by atoms with E-state index < -0.39 is 13.9 Å². The minimum absolute atomic E-state index is 0.108. The molecule has 0 radical (unpaired) electrons. The first-order valence-corrected chi connectivity index (χ1v) is 14.9. The fraction of sp³-hybridized carbons (Fsp3) is 0.452. The highest BCUT2D eigenvalue weighted by atomic mass is 28.4. The van der Waals surface area contributed by atoms with Crippen LogP contribution in [-0.4, -0.2) is 26.6 Å². The van der Waals surface area contributed by atoms with Crippen LogP contribution in [0.3, 0.4) is 0 Å². The third-order valence-corrected chi connectivity index (χ3v) is 13.2. The molecule has 36 heavy (non-hydrogen) atoms. The number of ether oxygens (including phenoxy) is 1. The van der Waals surface area contributed by atoms with Crippen LogP contribution in [0.1, 0.15) is 59.8 Å². The van der Waals surface area contributed by atoms with Crippen LogP contribution in [0.2, 0.25) is 5.04 Å². The Bertz CT molecular complexity index is 1110. The van der Waals surface area contributed by atoms with Crippen molar-refractivity contribution in [2.75, 3.05) is 6.61 Å². The molecular formula is C31H39NO3Si. The molecule has 5 heteroatoms. The monoisotopic (exact) mass is 501 g/mol. The predicted molar refractivity (Wildman–Crippen MR) is 151 cm³/mol. The molecule has 0 saturated carbocycles. The van der Waals surface area contributed by atoms with E-state index in [1.165, 1.54) is 10.4 Å². The second kappa shape index (κ2) is 10.4. The van der Waals surface area contributed by atoms with Gasteiger partial charge in [-0.25, -0.2) is 0 Å². The number of benzene rings is 2. The average molecular weight is 502 g/mol. The van der Waals surface area contributed by atoms with E-state index in [0.29, 0.717) is 19.4 Å². The van der Waals surface area contributed by atoms with E-state index >= 15 is 0 Å². The van der Waals surface area contributed by atoms with Crippen molar-refractivity contribution in [2.24, 2.45) is 5.41 Å². The highest BCUT2D eigenvalue weighted by molar-refractivity contribution is 6.99. The Morgan fingerprint density at radius 3 is 2.22 bits per heavy atom. The van der Waals surface area contributed by atoms with Gasteiger partial charge in [-0.1, -0.05) is 107 Å². The van der Waals surface area contributed by atoms with Crippen LogP contribution in [-0.2, 0) is 9.16 Å². The molecule has 4 nitrogen and oxygen atoms in total. The smallest absolute Gasteiger partial charge is 0.301 e. The zero-order chi connectivity index (χ0) is 25.9. The van der Waals surface area contributed by atoms with Gasteiger partial charge in [0.1, 0.15) is 12.0 Å². The van der Waals surface area contributed by atoms with E-state index in [1.807, 2.05) is 0 Å². The molecule has 4 rings (SSSR count). The summed E-state index contributed by atoms with van der Waals surface area (Å²) < 4.78 is 14.0. The number of hydrogen-bond acceptors (Lipinski definition) is 3. The third kappa shape index (κ3) is 4.59. The summed E-state index contributed by atoms with van der Waals surface area (Å²) in [6, 6.07) is 24.0. The van der Waals surface area contributed by atoms with Crippen molar-refractivity contribution in [3.05, 3.63) is 95.2 Å². The Balaban J connectivity index is 1.69. The van der Waals surface area contributed by atoms with Crippen molar-refractivity contribution in [3.63, 3.8) is 0 Å². The lowest BCUT2D eigenvalue weighted by molar-refractivity contribution is -0.0990. The Morgan fingerprint density at radius 2 is 1.72 bits per heavy atom. The number of hydrogen-bond donors (Lipinski definition) is 0. The Hall–Kier alpha value is -2.65. The lowest BCUT2D eigenvalue weighted by atomic mass is 9.64. The van der Waals surface area contributed by atoms with E-state index in [4.69, 9.17) is 9.16 Å². The Morgan fingerprint density at radius 1 is 1.11 bits per heavy atom. The highest BCUT2D eigenvalue weighted by Crippen LogP contribution is 2.54. The zero-order valence-electron chi connectivity index (χ0n) is 22.1. The largest absolute Gasteiger partial charge is 0.498 e. The molecule has 0 spiro atoms. The van der Waals surface area contributed by atoms with Gasteiger partial charge in [-0.3, -0.25) is 0 Å². The van der Waals surface area contributed by atoms with E-state index in [0.717, 1.165) is 24.8 Å². The molecule has 0 N–H and O–H groups in total. The second-order valence-corrected chi connectivity index (χ2v) is 15.8. The SMILES string of the molecule is C=C1C[C@@H](CO[Si](c2ccccc2)(c2ccccc2)C(C)(C)C)O[C@]1(CC#[N+][O-])[C@]1(C)C=CCCC1. The summed E-state index contributed by atoms with van der Waals surface area (Å²) in [6.45, 7) is 14.0. The first-order chi connectivity index (χ1) is 17.2. The second-order valence-electron chi connectivity index (χ2n) is 11.5. The quantitative estimate of drug-likeness (QED) is 0.243. The van der Waals surface area contributed by atoms with Gasteiger partial charge in [0, 0.05) is 10.4 Å². The number of rotatable bonds is 7. The molecule has 0 unspecified atom stereocenters. The normalized spacial score (nSPS) is 26.4. The molecule has 2 aromatic rings. The van der Waals surface area contributed by atoms with Gasteiger partial charge in [-0.2, -0.15) is 0 Å². The first-order valence-electron chi connectivity index (χ1n) is 13.0. The molecule has 0 aromatic heterocycles. The van der Waals surface area contributed by atoms with Gasteiger partial charge in [0.2, 0.25) is 0 Å². The van der Waals surface area contributed by atoms with Gasteiger partial charge in [-0.05, 0) is 46.7 Å². The van der Waals surface area contributed by atoms with Crippen LogP contribution >= 0.6 is 0 Å². The lowest BCUT2D eigenvalue weighted by Crippen LogP contribution is -2.67. The molecule has 1 fully saturated rings. The molecule has 2 aromatic carbocycles. The van der Waals surface area contributed by atoms with Gasteiger partial charge in [0.15, 0.2) is 0 Å². The van der Waals surface area contributed by atoms with Gasteiger partial charge >= 0.3 is 6.07 Å². The van der Waals surface area contributed by atoms with E-state index in [2.05, 4.69) is 118 Å². The molecule has 1 saturated heterocycles. The van der Waals surface area contributed by atoms with Crippen molar-refractivity contribution in [1.82, 2.24) is 0 Å². The lowest BCUT2D eigenvalue weighted by Gasteiger charge is -2.45. The Labute approximate surface area is 217 Å². The summed E-state index contributed by atoms with van der Waals surface area (Å²) in [6.07, 6.45) is 8.46. The Kier molecular flexibility index (Phi) is 7.61. The van der Waals surface area contributed by atoms with Gasteiger partial charge in [0.05, 0.1) is 12.7 Å². The van der Waals surface area contributed by atoms with Crippen LogP contribution in [0, 0.1) is 16.7 Å². The maximum absolute atomic E-state index is 11.1. The molecule has 1 heterocycles. The summed E-state index contributed by atoms with van der Waals surface area (Å²) in [5, 5.41) is 16.4. The highest BCUT2D eigenvalue weighted by Gasteiger charge is 2.57. The molecule has 3 atom stereocenters. The number of allylic oxidation sites excluding steroid dienone is 1. The van der Waals surface area contributed by atoms with Crippen LogP contribution in [0.15, 0.2) is 85.0 Å². The van der Waals surface area contributed by atoms with Crippen LogP contribution in [0.4, 0.5) is 0 Å². The summed E-state index contributed by atoms with van der Waals surface area (Å²) in [7, 11) is -2.68. The summed E-state index contributed by atoms with van der Waals surface area (Å²) in [5.41, 5.74) is 0.0486. The van der Waals surface area contributed by atoms with E-state index in [-0.39, 0.29) is 16.6 Å². The minimum atomic E-state index is -2.68. The van der Waals surface area contributed by atoms with Crippen molar-refractivity contribution >= 4 is 18.7 Å². The molecule has 1 aliphatic heterocycles. The van der Waals surface area contributed by atoms with Gasteiger partial charge in [-0.15, -0.1) is 0 Å². The van der Waals surface area contributed by atoms with Gasteiger partial charge in [0.25, 0.3) is 8.32 Å². The first kappa shape index (κ1) is 26.4. The summed E-state index contributed by atoms with van der Waals surface area (Å²) >= 11 is 0.